The number of amides is 1. The van der Waals surface area contributed by atoms with E-state index in [1.165, 1.54) is 0 Å². The van der Waals surface area contributed by atoms with Crippen molar-refractivity contribution in [1.82, 2.24) is 15.2 Å². The maximum absolute atomic E-state index is 12.3. The van der Waals surface area contributed by atoms with Crippen LogP contribution >= 0.6 is 11.8 Å². The third-order valence-electron chi connectivity index (χ3n) is 4.56. The van der Waals surface area contributed by atoms with Crippen LogP contribution in [0.15, 0.2) is 18.3 Å². The second-order valence-electron chi connectivity index (χ2n) is 6.53. The minimum absolute atomic E-state index is 0.0641. The van der Waals surface area contributed by atoms with E-state index in [4.69, 9.17) is 4.74 Å². The molecule has 2 atom stereocenters. The molecule has 5 nitrogen and oxygen atoms in total. The number of ether oxygens (including phenoxy) is 1. The van der Waals surface area contributed by atoms with E-state index in [9.17, 15) is 4.79 Å². The number of nitrogens with zero attached hydrogens (tertiary/aromatic N) is 2. The van der Waals surface area contributed by atoms with Gasteiger partial charge in [-0.2, -0.15) is 11.8 Å². The number of pyridine rings is 1. The molecular weight excluding hydrogens is 334 g/mol. The second kappa shape index (κ2) is 10.7. The summed E-state index contributed by atoms with van der Waals surface area (Å²) >= 11 is 1.91. The molecule has 0 aliphatic carbocycles. The highest BCUT2D eigenvalue weighted by Gasteiger charge is 2.18. The standard InChI is InChI=1S/C19H31N3O2S/c1-4-22(5-2)11-6-7-15(3)21-19(23)16-8-9-18(20-13-16)24-17-10-12-25-14-17/h8-9,13,15,17H,4-7,10-12,14H2,1-3H3,(H,21,23). The molecule has 0 aromatic carbocycles. The first-order valence-electron chi connectivity index (χ1n) is 9.36. The number of nitrogens with one attached hydrogen (secondary N) is 1. The van der Waals surface area contributed by atoms with Crippen molar-refractivity contribution in [2.45, 2.75) is 52.2 Å². The van der Waals surface area contributed by atoms with Gasteiger partial charge in [-0.1, -0.05) is 13.8 Å². The summed E-state index contributed by atoms with van der Waals surface area (Å²) in [5.41, 5.74) is 0.587. The zero-order valence-corrected chi connectivity index (χ0v) is 16.5. The van der Waals surface area contributed by atoms with Crippen LogP contribution in [0.4, 0.5) is 0 Å². The quantitative estimate of drug-likeness (QED) is 0.690. The number of rotatable bonds is 10. The largest absolute Gasteiger partial charge is 0.473 e. The van der Waals surface area contributed by atoms with Gasteiger partial charge in [0.2, 0.25) is 5.88 Å². The maximum atomic E-state index is 12.3. The molecule has 0 bridgehead atoms. The number of carbonyl (C=O) groups is 1. The molecule has 2 unspecified atom stereocenters. The smallest absolute Gasteiger partial charge is 0.253 e. The summed E-state index contributed by atoms with van der Waals surface area (Å²) in [7, 11) is 0. The molecule has 1 saturated heterocycles. The van der Waals surface area contributed by atoms with Gasteiger partial charge in [-0.25, -0.2) is 4.98 Å². The lowest BCUT2D eigenvalue weighted by atomic mass is 10.1. The van der Waals surface area contributed by atoms with Gasteiger partial charge in [-0.15, -0.1) is 0 Å². The summed E-state index contributed by atoms with van der Waals surface area (Å²) < 4.78 is 5.82. The molecule has 0 radical (unpaired) electrons. The normalized spacial score (nSPS) is 18.3. The molecule has 6 heteroatoms. The van der Waals surface area contributed by atoms with Crippen molar-refractivity contribution in [3.05, 3.63) is 23.9 Å². The average molecular weight is 366 g/mol. The fourth-order valence-electron chi connectivity index (χ4n) is 2.90. The van der Waals surface area contributed by atoms with E-state index in [1.807, 2.05) is 11.8 Å². The SMILES string of the molecule is CCN(CC)CCCC(C)NC(=O)c1ccc(OC2CCSC2)nc1. The molecule has 140 valence electrons. The number of hydrogen-bond donors (Lipinski definition) is 1. The first kappa shape index (κ1) is 20.0. The highest BCUT2D eigenvalue weighted by Crippen LogP contribution is 2.22. The van der Waals surface area contributed by atoms with Crippen LogP contribution < -0.4 is 10.1 Å². The average Bonchev–Trinajstić information content (AvgIpc) is 3.12. The minimum Gasteiger partial charge on any atom is -0.473 e. The summed E-state index contributed by atoms with van der Waals surface area (Å²) in [4.78, 5) is 19.0. The molecule has 1 N–H and O–H groups in total. The summed E-state index contributed by atoms with van der Waals surface area (Å²) in [5.74, 6) is 2.72. The number of hydrogen-bond acceptors (Lipinski definition) is 5. The van der Waals surface area contributed by atoms with E-state index >= 15 is 0 Å². The van der Waals surface area contributed by atoms with Gasteiger partial charge in [0, 0.05) is 24.1 Å². The van der Waals surface area contributed by atoms with E-state index in [0.717, 1.165) is 50.4 Å². The third kappa shape index (κ3) is 6.86. The lowest BCUT2D eigenvalue weighted by molar-refractivity contribution is 0.0936. The molecule has 1 aromatic heterocycles. The fourth-order valence-corrected chi connectivity index (χ4v) is 3.99. The van der Waals surface area contributed by atoms with Gasteiger partial charge in [0.15, 0.2) is 0 Å². The Labute approximate surface area is 155 Å². The summed E-state index contributed by atoms with van der Waals surface area (Å²) in [6, 6.07) is 3.75. The predicted octanol–water partition coefficient (Wildman–Crippen LogP) is 3.21. The highest BCUT2D eigenvalue weighted by molar-refractivity contribution is 7.99. The highest BCUT2D eigenvalue weighted by atomic mass is 32.2. The summed E-state index contributed by atoms with van der Waals surface area (Å²) in [6.07, 6.45) is 5.00. The molecule has 25 heavy (non-hydrogen) atoms. The molecule has 2 heterocycles. The van der Waals surface area contributed by atoms with Crippen molar-refractivity contribution in [3.8, 4) is 5.88 Å². The number of thioether (sulfide) groups is 1. The molecule has 0 saturated carbocycles. The Bertz CT molecular complexity index is 514. The van der Waals surface area contributed by atoms with Gasteiger partial charge in [0.1, 0.15) is 6.10 Å². The Morgan fingerprint density at radius 3 is 2.84 bits per heavy atom. The topological polar surface area (TPSA) is 54.5 Å². The first-order valence-corrected chi connectivity index (χ1v) is 10.5. The Kier molecular flexibility index (Phi) is 8.55. The zero-order valence-electron chi connectivity index (χ0n) is 15.7. The minimum atomic E-state index is -0.0641. The van der Waals surface area contributed by atoms with Crippen LogP contribution in [0, 0.1) is 0 Å². The van der Waals surface area contributed by atoms with Crippen molar-refractivity contribution in [1.29, 1.82) is 0 Å². The van der Waals surface area contributed by atoms with Gasteiger partial charge >= 0.3 is 0 Å². The lowest BCUT2D eigenvalue weighted by Crippen LogP contribution is -2.33. The third-order valence-corrected chi connectivity index (χ3v) is 5.69. The molecular formula is C19H31N3O2S. The van der Waals surface area contributed by atoms with Crippen LogP contribution in [0.2, 0.25) is 0 Å². The summed E-state index contributed by atoms with van der Waals surface area (Å²) in [5, 5.41) is 3.06. The Hall–Kier alpha value is -1.27. The monoisotopic (exact) mass is 365 g/mol. The van der Waals surface area contributed by atoms with Crippen molar-refractivity contribution >= 4 is 17.7 Å². The molecule has 1 aromatic rings. The molecule has 1 aliphatic rings. The van der Waals surface area contributed by atoms with Crippen molar-refractivity contribution in [2.24, 2.45) is 0 Å². The van der Waals surface area contributed by atoms with E-state index < -0.39 is 0 Å². The Morgan fingerprint density at radius 1 is 1.44 bits per heavy atom. The number of aromatic nitrogens is 1. The number of carbonyl (C=O) groups excluding carboxylic acids is 1. The Morgan fingerprint density at radius 2 is 2.24 bits per heavy atom. The summed E-state index contributed by atoms with van der Waals surface area (Å²) in [6.45, 7) is 9.66. The van der Waals surface area contributed by atoms with Crippen molar-refractivity contribution in [2.75, 3.05) is 31.1 Å². The van der Waals surface area contributed by atoms with E-state index in [0.29, 0.717) is 11.4 Å². The molecule has 1 fully saturated rings. The van der Waals surface area contributed by atoms with Gasteiger partial charge in [0.05, 0.1) is 5.56 Å². The van der Waals surface area contributed by atoms with Crippen molar-refractivity contribution < 1.29 is 9.53 Å². The van der Waals surface area contributed by atoms with Crippen LogP contribution in [0.25, 0.3) is 0 Å². The fraction of sp³-hybridized carbons (Fsp3) is 0.684. The van der Waals surface area contributed by atoms with Crippen LogP contribution in [-0.2, 0) is 0 Å². The molecule has 1 amide bonds. The maximum Gasteiger partial charge on any atom is 0.253 e. The van der Waals surface area contributed by atoms with E-state index in [-0.39, 0.29) is 18.1 Å². The van der Waals surface area contributed by atoms with Gasteiger partial charge in [-0.05, 0) is 57.6 Å². The van der Waals surface area contributed by atoms with Gasteiger partial charge < -0.3 is 15.0 Å². The van der Waals surface area contributed by atoms with Gasteiger partial charge in [-0.3, -0.25) is 4.79 Å². The second-order valence-corrected chi connectivity index (χ2v) is 7.68. The first-order chi connectivity index (χ1) is 12.1. The Balaban J connectivity index is 1.73. The van der Waals surface area contributed by atoms with E-state index in [1.54, 1.807) is 18.3 Å². The molecule has 0 spiro atoms. The van der Waals surface area contributed by atoms with Crippen LogP contribution in [0.3, 0.4) is 0 Å². The van der Waals surface area contributed by atoms with Crippen LogP contribution in [0.5, 0.6) is 5.88 Å². The molecule has 1 aliphatic heterocycles. The lowest BCUT2D eigenvalue weighted by Gasteiger charge is -2.19. The predicted molar refractivity (Wildman–Crippen MR) is 105 cm³/mol. The van der Waals surface area contributed by atoms with Crippen molar-refractivity contribution in [3.63, 3.8) is 0 Å². The van der Waals surface area contributed by atoms with Gasteiger partial charge in [0.25, 0.3) is 5.91 Å². The van der Waals surface area contributed by atoms with Crippen LogP contribution in [0.1, 0.15) is 50.4 Å². The zero-order chi connectivity index (χ0) is 18.1. The molecule has 2 rings (SSSR count). The van der Waals surface area contributed by atoms with Crippen LogP contribution in [-0.4, -0.2) is 59.1 Å². The van der Waals surface area contributed by atoms with E-state index in [2.05, 4.69) is 36.0 Å².